The number of carbonyl (C=O) groups is 1. The molecule has 0 aromatic carbocycles. The maximum Gasteiger partial charge on any atom is 0.163 e. The molecule has 0 fully saturated rings. The molecule has 16 heavy (non-hydrogen) atoms. The standard InChI is InChI=1S/C13H19ClO2/c1-3-4-9-16-13-8-6-11(14)5-7-12(13)10(2)15/h7-8,11H,3-6,9H2,1-2H3. The first-order chi connectivity index (χ1) is 7.65. The van der Waals surface area contributed by atoms with E-state index in [0.29, 0.717) is 17.9 Å². The fourth-order valence-electron chi connectivity index (χ4n) is 1.57. The van der Waals surface area contributed by atoms with Crippen LogP contribution in [-0.4, -0.2) is 17.8 Å². The van der Waals surface area contributed by atoms with Crippen molar-refractivity contribution in [3.05, 3.63) is 23.5 Å². The van der Waals surface area contributed by atoms with E-state index in [4.69, 9.17) is 16.3 Å². The predicted octanol–water partition coefficient (Wildman–Crippen LogP) is 3.60. The number of unbranched alkanes of at least 4 members (excludes halogenated alkanes) is 1. The Morgan fingerprint density at radius 3 is 2.81 bits per heavy atom. The highest BCUT2D eigenvalue weighted by atomic mass is 35.5. The molecule has 0 saturated heterocycles. The van der Waals surface area contributed by atoms with E-state index in [2.05, 4.69) is 6.92 Å². The topological polar surface area (TPSA) is 26.3 Å². The second-order valence-electron chi connectivity index (χ2n) is 4.01. The van der Waals surface area contributed by atoms with Crippen LogP contribution in [0.2, 0.25) is 0 Å². The summed E-state index contributed by atoms with van der Waals surface area (Å²) in [4.78, 5) is 11.5. The normalized spacial score (nSPS) is 20.8. The van der Waals surface area contributed by atoms with Gasteiger partial charge in [0, 0.05) is 5.38 Å². The third-order valence-electron chi connectivity index (χ3n) is 2.54. The molecule has 0 N–H and O–H groups in total. The van der Waals surface area contributed by atoms with E-state index >= 15 is 0 Å². The van der Waals surface area contributed by atoms with Crippen LogP contribution < -0.4 is 0 Å². The molecule has 0 radical (unpaired) electrons. The molecule has 1 aliphatic rings. The Kier molecular flexibility index (Phi) is 5.61. The molecular formula is C13H19ClO2. The number of ketones is 1. The summed E-state index contributed by atoms with van der Waals surface area (Å²) in [5.74, 6) is 0.762. The van der Waals surface area contributed by atoms with Crippen molar-refractivity contribution in [1.29, 1.82) is 0 Å². The van der Waals surface area contributed by atoms with Crippen molar-refractivity contribution < 1.29 is 9.53 Å². The molecule has 1 unspecified atom stereocenters. The second kappa shape index (κ2) is 6.74. The lowest BCUT2D eigenvalue weighted by Crippen LogP contribution is -2.04. The quantitative estimate of drug-likeness (QED) is 0.544. The zero-order valence-corrected chi connectivity index (χ0v) is 10.7. The van der Waals surface area contributed by atoms with Crippen LogP contribution >= 0.6 is 11.6 Å². The van der Waals surface area contributed by atoms with Gasteiger partial charge >= 0.3 is 0 Å². The molecule has 0 bridgehead atoms. The van der Waals surface area contributed by atoms with Crippen molar-refractivity contribution in [2.75, 3.05) is 6.61 Å². The summed E-state index contributed by atoms with van der Waals surface area (Å²) in [6, 6.07) is 0. The third kappa shape index (κ3) is 4.01. The van der Waals surface area contributed by atoms with E-state index in [1.54, 1.807) is 6.92 Å². The summed E-state index contributed by atoms with van der Waals surface area (Å²) < 4.78 is 5.64. The average molecular weight is 243 g/mol. The van der Waals surface area contributed by atoms with Gasteiger partial charge in [-0.3, -0.25) is 4.79 Å². The number of Topliss-reactive ketones (excluding diaryl/α,β-unsaturated/α-hetero) is 1. The molecule has 3 heteroatoms. The number of alkyl halides is 1. The lowest BCUT2D eigenvalue weighted by atomic mass is 10.1. The average Bonchev–Trinajstić information content (AvgIpc) is 2.41. The number of hydrogen-bond acceptors (Lipinski definition) is 2. The maximum absolute atomic E-state index is 11.5. The Bertz CT molecular complexity index is 305. The zero-order valence-electron chi connectivity index (χ0n) is 9.96. The van der Waals surface area contributed by atoms with Gasteiger partial charge in [-0.2, -0.15) is 0 Å². The Labute approximate surface area is 102 Å². The number of rotatable bonds is 5. The molecule has 0 spiro atoms. The zero-order chi connectivity index (χ0) is 12.0. The van der Waals surface area contributed by atoms with E-state index in [1.165, 1.54) is 0 Å². The first-order valence-electron chi connectivity index (χ1n) is 5.83. The molecule has 90 valence electrons. The van der Waals surface area contributed by atoms with E-state index in [9.17, 15) is 4.79 Å². The van der Waals surface area contributed by atoms with Crippen LogP contribution in [0.25, 0.3) is 0 Å². The van der Waals surface area contributed by atoms with Crippen LogP contribution in [0.1, 0.15) is 39.5 Å². The molecule has 0 aromatic rings. The van der Waals surface area contributed by atoms with Crippen LogP contribution in [0.5, 0.6) is 0 Å². The number of halogens is 1. The van der Waals surface area contributed by atoms with E-state index in [-0.39, 0.29) is 11.2 Å². The molecule has 1 rings (SSSR count). The van der Waals surface area contributed by atoms with Crippen LogP contribution in [-0.2, 0) is 9.53 Å². The first kappa shape index (κ1) is 13.3. The minimum atomic E-state index is 0.0496. The molecule has 0 aromatic heterocycles. The monoisotopic (exact) mass is 242 g/mol. The number of carbonyl (C=O) groups excluding carboxylic acids is 1. The molecular weight excluding hydrogens is 224 g/mol. The van der Waals surface area contributed by atoms with Crippen LogP contribution in [0.15, 0.2) is 23.5 Å². The highest BCUT2D eigenvalue weighted by Crippen LogP contribution is 2.23. The number of hydrogen-bond donors (Lipinski definition) is 0. The fraction of sp³-hybridized carbons (Fsp3) is 0.615. The summed E-state index contributed by atoms with van der Waals surface area (Å²) >= 11 is 6.06. The fourth-order valence-corrected chi connectivity index (χ4v) is 1.75. The molecule has 0 heterocycles. The van der Waals surface area contributed by atoms with Crippen molar-refractivity contribution in [1.82, 2.24) is 0 Å². The minimum absolute atomic E-state index is 0.0496. The van der Waals surface area contributed by atoms with Gasteiger partial charge in [0.25, 0.3) is 0 Å². The number of allylic oxidation sites excluding steroid dienone is 3. The second-order valence-corrected chi connectivity index (χ2v) is 4.63. The van der Waals surface area contributed by atoms with Gasteiger partial charge in [0.05, 0.1) is 12.2 Å². The smallest absolute Gasteiger partial charge is 0.163 e. The van der Waals surface area contributed by atoms with E-state index < -0.39 is 0 Å². The van der Waals surface area contributed by atoms with Crippen molar-refractivity contribution in [3.8, 4) is 0 Å². The van der Waals surface area contributed by atoms with Gasteiger partial charge in [0.2, 0.25) is 0 Å². The van der Waals surface area contributed by atoms with Gasteiger partial charge in [-0.1, -0.05) is 19.4 Å². The summed E-state index contributed by atoms with van der Waals surface area (Å²) in [6.07, 6.45) is 7.42. The Hall–Kier alpha value is -0.760. The SMILES string of the molecule is CCCCOC1=CCC(Cl)CC=C1C(C)=O. The van der Waals surface area contributed by atoms with Crippen LogP contribution in [0.4, 0.5) is 0 Å². The minimum Gasteiger partial charge on any atom is -0.493 e. The molecule has 0 saturated carbocycles. The first-order valence-corrected chi connectivity index (χ1v) is 6.27. The molecule has 1 atom stereocenters. The largest absolute Gasteiger partial charge is 0.493 e. The van der Waals surface area contributed by atoms with Gasteiger partial charge in [-0.05, 0) is 32.3 Å². The maximum atomic E-state index is 11.5. The number of ether oxygens (including phenoxy) is 1. The predicted molar refractivity (Wildman–Crippen MR) is 66.6 cm³/mol. The Morgan fingerprint density at radius 2 is 2.19 bits per heavy atom. The van der Waals surface area contributed by atoms with Crippen molar-refractivity contribution in [3.63, 3.8) is 0 Å². The van der Waals surface area contributed by atoms with E-state index in [0.717, 1.165) is 25.7 Å². The highest BCUT2D eigenvalue weighted by molar-refractivity contribution is 6.20. The van der Waals surface area contributed by atoms with Crippen LogP contribution in [0.3, 0.4) is 0 Å². The Balaban J connectivity index is 2.71. The van der Waals surface area contributed by atoms with Gasteiger partial charge in [0.1, 0.15) is 5.76 Å². The van der Waals surface area contributed by atoms with Gasteiger partial charge in [0.15, 0.2) is 5.78 Å². The van der Waals surface area contributed by atoms with Gasteiger partial charge in [-0.25, -0.2) is 0 Å². The lowest BCUT2D eigenvalue weighted by Gasteiger charge is -2.10. The van der Waals surface area contributed by atoms with Crippen LogP contribution in [0, 0.1) is 0 Å². The molecule has 1 aliphatic carbocycles. The molecule has 0 amide bonds. The van der Waals surface area contributed by atoms with Gasteiger partial charge in [-0.15, -0.1) is 11.6 Å². The summed E-state index contributed by atoms with van der Waals surface area (Å²) in [6.45, 7) is 4.35. The summed E-state index contributed by atoms with van der Waals surface area (Å²) in [5, 5.41) is 0.0709. The highest BCUT2D eigenvalue weighted by Gasteiger charge is 2.16. The van der Waals surface area contributed by atoms with Crippen molar-refractivity contribution >= 4 is 17.4 Å². The van der Waals surface area contributed by atoms with Crippen molar-refractivity contribution in [2.24, 2.45) is 0 Å². The third-order valence-corrected chi connectivity index (χ3v) is 2.89. The molecule has 0 aliphatic heterocycles. The van der Waals surface area contributed by atoms with E-state index in [1.807, 2.05) is 12.2 Å². The van der Waals surface area contributed by atoms with Crippen molar-refractivity contribution in [2.45, 2.75) is 44.9 Å². The Morgan fingerprint density at radius 1 is 1.50 bits per heavy atom. The lowest BCUT2D eigenvalue weighted by molar-refractivity contribution is -0.113. The van der Waals surface area contributed by atoms with Gasteiger partial charge < -0.3 is 4.74 Å². The summed E-state index contributed by atoms with van der Waals surface area (Å²) in [5.41, 5.74) is 0.680. The molecule has 2 nitrogen and oxygen atoms in total. The summed E-state index contributed by atoms with van der Waals surface area (Å²) in [7, 11) is 0.